The first kappa shape index (κ1) is 21.7. The largest absolute Gasteiger partial charge is 0.496 e. The number of guanidine groups is 1. The number of ether oxygens (including phenoxy) is 2. The van der Waals surface area contributed by atoms with Crippen LogP contribution in [0.15, 0.2) is 22.5 Å². The topological polar surface area (TPSA) is 59.0 Å². The summed E-state index contributed by atoms with van der Waals surface area (Å²) in [4.78, 5) is 11.0. The van der Waals surface area contributed by atoms with Gasteiger partial charge in [-0.2, -0.15) is 0 Å². The van der Waals surface area contributed by atoms with Gasteiger partial charge < -0.3 is 19.7 Å². The van der Waals surface area contributed by atoms with Crippen LogP contribution in [0.1, 0.15) is 28.8 Å². The number of methoxy groups -OCH3 is 1. The quantitative estimate of drug-likeness (QED) is 0.385. The lowest BCUT2D eigenvalue weighted by molar-refractivity contribution is 0.254. The van der Waals surface area contributed by atoms with Gasteiger partial charge >= 0.3 is 0 Å². The van der Waals surface area contributed by atoms with Gasteiger partial charge in [0.05, 0.1) is 24.4 Å². The van der Waals surface area contributed by atoms with E-state index >= 15 is 0 Å². The molecule has 1 aromatic carbocycles. The van der Waals surface area contributed by atoms with Crippen LogP contribution in [0.3, 0.4) is 0 Å². The Kier molecular flexibility index (Phi) is 7.72. The molecule has 1 atom stereocenters. The number of fused-ring (bicyclic) bond motifs is 1. The number of aliphatic imine (C=N–C) groups is 1. The molecule has 0 aliphatic carbocycles. The van der Waals surface area contributed by atoms with Crippen LogP contribution in [-0.2, 0) is 19.5 Å². The molecule has 0 radical (unpaired) electrons. The van der Waals surface area contributed by atoms with Crippen molar-refractivity contribution in [2.45, 2.75) is 39.5 Å². The summed E-state index contributed by atoms with van der Waals surface area (Å²) in [7, 11) is 5.50. The number of nitrogens with zero attached hydrogens (tertiary/aromatic N) is 3. The van der Waals surface area contributed by atoms with Gasteiger partial charge in [0.15, 0.2) is 5.96 Å². The average Bonchev–Trinajstić information content (AvgIpc) is 3.18. The van der Waals surface area contributed by atoms with E-state index in [1.54, 1.807) is 25.5 Å². The number of thiazole rings is 1. The Hall–Kier alpha value is -1.55. The molecule has 0 spiro atoms. The van der Waals surface area contributed by atoms with Gasteiger partial charge in [-0.1, -0.05) is 0 Å². The van der Waals surface area contributed by atoms with Crippen LogP contribution in [0.5, 0.6) is 11.5 Å². The van der Waals surface area contributed by atoms with Gasteiger partial charge in [0, 0.05) is 43.6 Å². The van der Waals surface area contributed by atoms with Crippen molar-refractivity contribution in [1.29, 1.82) is 0 Å². The Balaban J connectivity index is 0.00000261. The predicted molar refractivity (Wildman–Crippen MR) is 121 cm³/mol. The molecule has 1 aromatic heterocycles. The van der Waals surface area contributed by atoms with Crippen LogP contribution < -0.4 is 14.8 Å². The second-order valence-electron chi connectivity index (χ2n) is 6.52. The highest BCUT2D eigenvalue weighted by atomic mass is 127. The molecule has 0 bridgehead atoms. The highest BCUT2D eigenvalue weighted by Gasteiger charge is 2.22. The van der Waals surface area contributed by atoms with E-state index < -0.39 is 0 Å². The van der Waals surface area contributed by atoms with Gasteiger partial charge in [0.1, 0.15) is 17.6 Å². The third kappa shape index (κ3) is 5.25. The van der Waals surface area contributed by atoms with E-state index in [0.717, 1.165) is 40.1 Å². The Morgan fingerprint density at radius 1 is 1.48 bits per heavy atom. The Labute approximate surface area is 182 Å². The standard InChI is InChI=1S/C19H26N4O2S.HI/c1-12-6-14-7-17(24-5)15(8-18(14)25-12)9-21-19(20-3)23(4)10-16-11-26-13(2)22-16;/h7-8,11-12H,6,9-10H2,1-5H3,(H,20,21);1H. The second-order valence-corrected chi connectivity index (χ2v) is 7.58. The molecular formula is C19H27IN4O2S. The number of rotatable bonds is 5. The highest BCUT2D eigenvalue weighted by Crippen LogP contribution is 2.34. The number of aromatic nitrogens is 1. The summed E-state index contributed by atoms with van der Waals surface area (Å²) in [5.41, 5.74) is 3.31. The molecule has 0 fully saturated rings. The molecule has 27 heavy (non-hydrogen) atoms. The van der Waals surface area contributed by atoms with Crippen molar-refractivity contribution in [1.82, 2.24) is 15.2 Å². The van der Waals surface area contributed by atoms with Crippen molar-refractivity contribution in [3.05, 3.63) is 39.3 Å². The van der Waals surface area contributed by atoms with Crippen molar-refractivity contribution in [2.75, 3.05) is 21.2 Å². The zero-order chi connectivity index (χ0) is 18.7. The number of aryl methyl sites for hydroxylation is 1. The summed E-state index contributed by atoms with van der Waals surface area (Å²) < 4.78 is 11.5. The van der Waals surface area contributed by atoms with E-state index in [2.05, 4.69) is 44.6 Å². The minimum absolute atomic E-state index is 0. The molecule has 6 nitrogen and oxygen atoms in total. The van der Waals surface area contributed by atoms with Crippen molar-refractivity contribution in [2.24, 2.45) is 4.99 Å². The Morgan fingerprint density at radius 3 is 2.89 bits per heavy atom. The smallest absolute Gasteiger partial charge is 0.194 e. The zero-order valence-corrected chi connectivity index (χ0v) is 19.6. The maximum absolute atomic E-state index is 5.88. The molecule has 3 rings (SSSR count). The van der Waals surface area contributed by atoms with E-state index in [0.29, 0.717) is 13.1 Å². The summed E-state index contributed by atoms with van der Waals surface area (Å²) >= 11 is 1.66. The van der Waals surface area contributed by atoms with Crippen LogP contribution in [0, 0.1) is 6.92 Å². The first-order valence-corrected chi connectivity index (χ1v) is 9.57. The highest BCUT2D eigenvalue weighted by molar-refractivity contribution is 14.0. The number of benzene rings is 1. The summed E-state index contributed by atoms with van der Waals surface area (Å²) in [5, 5.41) is 6.57. The molecule has 2 heterocycles. The zero-order valence-electron chi connectivity index (χ0n) is 16.4. The molecule has 1 N–H and O–H groups in total. The SMILES string of the molecule is CN=C(NCc1cc2c(cc1OC)CC(C)O2)N(C)Cc1csc(C)n1.I. The molecule has 1 aliphatic rings. The molecular weight excluding hydrogens is 475 g/mol. The van der Waals surface area contributed by atoms with Gasteiger partial charge in [-0.15, -0.1) is 35.3 Å². The van der Waals surface area contributed by atoms with Crippen LogP contribution in [0.25, 0.3) is 0 Å². The normalized spacial score (nSPS) is 15.6. The lowest BCUT2D eigenvalue weighted by Gasteiger charge is -2.22. The molecule has 0 saturated heterocycles. The maximum atomic E-state index is 5.88. The van der Waals surface area contributed by atoms with Gasteiger partial charge in [0.2, 0.25) is 0 Å². The number of halogens is 1. The molecule has 2 aromatic rings. The number of nitrogens with one attached hydrogen (secondary N) is 1. The van der Waals surface area contributed by atoms with Crippen molar-refractivity contribution in [3.63, 3.8) is 0 Å². The van der Waals surface area contributed by atoms with Gasteiger partial charge in [-0.05, 0) is 26.0 Å². The molecule has 148 valence electrons. The number of hydrogen-bond acceptors (Lipinski definition) is 5. The lowest BCUT2D eigenvalue weighted by atomic mass is 10.1. The van der Waals surface area contributed by atoms with Gasteiger partial charge in [-0.25, -0.2) is 4.98 Å². The first-order chi connectivity index (χ1) is 12.5. The van der Waals surface area contributed by atoms with Crippen molar-refractivity contribution < 1.29 is 9.47 Å². The third-order valence-corrected chi connectivity index (χ3v) is 5.20. The van der Waals surface area contributed by atoms with Crippen LogP contribution in [0.4, 0.5) is 0 Å². The molecule has 1 aliphatic heterocycles. The summed E-state index contributed by atoms with van der Waals surface area (Å²) in [6.07, 6.45) is 1.15. The van der Waals surface area contributed by atoms with E-state index in [1.807, 2.05) is 14.0 Å². The number of hydrogen-bond donors (Lipinski definition) is 1. The Morgan fingerprint density at radius 2 is 2.26 bits per heavy atom. The molecule has 0 saturated carbocycles. The van der Waals surface area contributed by atoms with E-state index in [-0.39, 0.29) is 30.1 Å². The average molecular weight is 502 g/mol. The van der Waals surface area contributed by atoms with Crippen molar-refractivity contribution in [3.8, 4) is 11.5 Å². The maximum Gasteiger partial charge on any atom is 0.194 e. The van der Waals surface area contributed by atoms with E-state index in [9.17, 15) is 0 Å². The Bertz CT molecular complexity index is 809. The van der Waals surface area contributed by atoms with Crippen LogP contribution in [0.2, 0.25) is 0 Å². The fourth-order valence-corrected chi connectivity index (χ4v) is 3.77. The van der Waals surface area contributed by atoms with Crippen molar-refractivity contribution >= 4 is 41.3 Å². The molecule has 8 heteroatoms. The monoisotopic (exact) mass is 502 g/mol. The van der Waals surface area contributed by atoms with Gasteiger partial charge in [-0.3, -0.25) is 4.99 Å². The second kappa shape index (κ2) is 9.59. The van der Waals surface area contributed by atoms with Crippen LogP contribution >= 0.6 is 35.3 Å². The van der Waals surface area contributed by atoms with Crippen LogP contribution in [-0.4, -0.2) is 43.2 Å². The minimum atomic E-state index is 0. The third-order valence-electron chi connectivity index (χ3n) is 4.38. The van der Waals surface area contributed by atoms with E-state index in [4.69, 9.17) is 9.47 Å². The fraction of sp³-hybridized carbons (Fsp3) is 0.474. The minimum Gasteiger partial charge on any atom is -0.496 e. The fourth-order valence-electron chi connectivity index (χ4n) is 3.17. The summed E-state index contributed by atoms with van der Waals surface area (Å²) in [6.45, 7) is 5.43. The summed E-state index contributed by atoms with van der Waals surface area (Å²) in [5.74, 6) is 2.64. The lowest BCUT2D eigenvalue weighted by Crippen LogP contribution is -2.38. The van der Waals surface area contributed by atoms with E-state index in [1.165, 1.54) is 5.56 Å². The summed E-state index contributed by atoms with van der Waals surface area (Å²) in [6, 6.07) is 4.15. The van der Waals surface area contributed by atoms with Gasteiger partial charge in [0.25, 0.3) is 0 Å². The molecule has 0 amide bonds. The first-order valence-electron chi connectivity index (χ1n) is 8.69. The molecule has 1 unspecified atom stereocenters. The predicted octanol–water partition coefficient (Wildman–Crippen LogP) is 3.61.